The van der Waals surface area contributed by atoms with Gasteiger partial charge in [-0.1, -0.05) is 13.0 Å². The summed E-state index contributed by atoms with van der Waals surface area (Å²) in [6, 6.07) is 8.54. The number of rotatable bonds is 6. The minimum Gasteiger partial charge on any atom is -0.497 e. The van der Waals surface area contributed by atoms with Gasteiger partial charge in [0.25, 0.3) is 5.91 Å². The van der Waals surface area contributed by atoms with Crippen LogP contribution in [-0.4, -0.2) is 52.9 Å². The van der Waals surface area contributed by atoms with E-state index < -0.39 is 17.4 Å². The van der Waals surface area contributed by atoms with Gasteiger partial charge in [-0.2, -0.15) is 5.10 Å². The SMILES string of the molecule is CCOC(=O)c1cc2n(n1)C[C@](C)(C(=O)NC1CCC(C)CC1)N(c1cccc(OC)c1)C2=O. The number of fused-ring (bicyclic) bond motifs is 1. The van der Waals surface area contributed by atoms with Crippen molar-refractivity contribution in [2.24, 2.45) is 5.92 Å². The Hall–Kier alpha value is -3.36. The van der Waals surface area contributed by atoms with Gasteiger partial charge in [-0.3, -0.25) is 19.2 Å². The standard InChI is InChI=1S/C25H32N4O5/c1-5-34-23(31)20-14-21-22(30)29(18-7-6-8-19(13-18)33-4)25(3,15-28(21)27-20)24(32)26-17-11-9-16(2)10-12-17/h6-8,13-14,16-17H,5,9-12,15H2,1-4H3,(H,26,32)/t16?,17?,25-/m1/s1. The van der Waals surface area contributed by atoms with E-state index in [2.05, 4.69) is 17.3 Å². The third-order valence-corrected chi connectivity index (χ3v) is 6.79. The number of nitrogens with zero attached hydrogens (tertiary/aromatic N) is 3. The van der Waals surface area contributed by atoms with Crippen LogP contribution in [0.1, 0.15) is 67.4 Å². The predicted octanol–water partition coefficient (Wildman–Crippen LogP) is 3.18. The van der Waals surface area contributed by atoms with Crippen LogP contribution in [0.4, 0.5) is 5.69 Å². The quantitative estimate of drug-likeness (QED) is 0.654. The van der Waals surface area contributed by atoms with Gasteiger partial charge in [0.2, 0.25) is 5.91 Å². The fourth-order valence-corrected chi connectivity index (χ4v) is 4.79. The molecule has 9 nitrogen and oxygen atoms in total. The molecule has 2 heterocycles. The van der Waals surface area contributed by atoms with Gasteiger partial charge in [-0.05, 0) is 57.6 Å². The zero-order chi connectivity index (χ0) is 24.5. The Morgan fingerprint density at radius 3 is 2.62 bits per heavy atom. The third-order valence-electron chi connectivity index (χ3n) is 6.79. The van der Waals surface area contributed by atoms with E-state index in [0.717, 1.165) is 25.7 Å². The molecule has 2 aromatic rings. The second-order valence-corrected chi connectivity index (χ2v) is 9.34. The van der Waals surface area contributed by atoms with Crippen LogP contribution in [0.3, 0.4) is 0 Å². The number of anilines is 1. The van der Waals surface area contributed by atoms with Crippen molar-refractivity contribution in [1.29, 1.82) is 0 Å². The molecule has 1 aromatic carbocycles. The first-order valence-corrected chi connectivity index (χ1v) is 11.8. The van der Waals surface area contributed by atoms with Gasteiger partial charge in [0.15, 0.2) is 5.69 Å². The topological polar surface area (TPSA) is 103 Å². The van der Waals surface area contributed by atoms with Crippen molar-refractivity contribution in [1.82, 2.24) is 15.1 Å². The molecular weight excluding hydrogens is 436 g/mol. The average molecular weight is 469 g/mol. The fraction of sp³-hybridized carbons (Fsp3) is 0.520. The lowest BCUT2D eigenvalue weighted by Crippen LogP contribution is -2.65. The van der Waals surface area contributed by atoms with Crippen LogP contribution < -0.4 is 15.0 Å². The molecule has 1 atom stereocenters. The van der Waals surface area contributed by atoms with E-state index in [1.807, 2.05) is 0 Å². The lowest BCUT2D eigenvalue weighted by Gasteiger charge is -2.44. The van der Waals surface area contributed by atoms with Crippen LogP contribution in [-0.2, 0) is 16.1 Å². The number of aromatic nitrogens is 2. The largest absolute Gasteiger partial charge is 0.497 e. The summed E-state index contributed by atoms with van der Waals surface area (Å²) < 4.78 is 11.8. The maximum Gasteiger partial charge on any atom is 0.358 e. The molecule has 2 aliphatic rings. The molecule has 0 saturated heterocycles. The number of amides is 2. The van der Waals surface area contributed by atoms with Gasteiger partial charge in [0.05, 0.1) is 20.3 Å². The Morgan fingerprint density at radius 1 is 1.21 bits per heavy atom. The summed E-state index contributed by atoms with van der Waals surface area (Å²) in [5.74, 6) is -0.0473. The normalized spacial score (nSPS) is 24.4. The van der Waals surface area contributed by atoms with Crippen molar-refractivity contribution >= 4 is 23.5 Å². The molecule has 2 amide bonds. The molecule has 1 aliphatic carbocycles. The summed E-state index contributed by atoms with van der Waals surface area (Å²) >= 11 is 0. The van der Waals surface area contributed by atoms with E-state index in [1.165, 1.54) is 15.6 Å². The van der Waals surface area contributed by atoms with Crippen molar-refractivity contribution in [2.75, 3.05) is 18.6 Å². The predicted molar refractivity (Wildman–Crippen MR) is 126 cm³/mol. The minimum atomic E-state index is -1.27. The summed E-state index contributed by atoms with van der Waals surface area (Å²) in [6.07, 6.45) is 3.95. The Kier molecular flexibility index (Phi) is 6.63. The summed E-state index contributed by atoms with van der Waals surface area (Å²) in [4.78, 5) is 41.3. The highest BCUT2D eigenvalue weighted by Gasteiger charge is 2.49. The third kappa shape index (κ3) is 4.38. The second kappa shape index (κ2) is 9.48. The average Bonchev–Trinajstić information content (AvgIpc) is 3.25. The summed E-state index contributed by atoms with van der Waals surface area (Å²) in [5, 5.41) is 7.49. The minimum absolute atomic E-state index is 0.0433. The number of benzene rings is 1. The molecule has 1 N–H and O–H groups in total. The number of carbonyl (C=O) groups excluding carboxylic acids is 3. The van der Waals surface area contributed by atoms with Gasteiger partial charge in [0, 0.05) is 23.9 Å². The van der Waals surface area contributed by atoms with E-state index in [9.17, 15) is 14.4 Å². The van der Waals surface area contributed by atoms with Gasteiger partial charge in [0.1, 0.15) is 17.0 Å². The molecule has 0 bridgehead atoms. The van der Waals surface area contributed by atoms with Crippen molar-refractivity contribution < 1.29 is 23.9 Å². The van der Waals surface area contributed by atoms with E-state index in [4.69, 9.17) is 9.47 Å². The molecule has 1 fully saturated rings. The van der Waals surface area contributed by atoms with Crippen LogP contribution in [0, 0.1) is 5.92 Å². The lowest BCUT2D eigenvalue weighted by atomic mass is 9.86. The second-order valence-electron chi connectivity index (χ2n) is 9.34. The number of ether oxygens (including phenoxy) is 2. The molecule has 182 valence electrons. The highest BCUT2D eigenvalue weighted by atomic mass is 16.5. The van der Waals surface area contributed by atoms with Crippen LogP contribution in [0.2, 0.25) is 0 Å². The molecule has 1 aliphatic heterocycles. The summed E-state index contributed by atoms with van der Waals surface area (Å²) in [6.45, 7) is 5.96. The van der Waals surface area contributed by atoms with Crippen LogP contribution in [0.5, 0.6) is 5.75 Å². The van der Waals surface area contributed by atoms with Crippen molar-refractivity contribution in [3.05, 3.63) is 41.7 Å². The molecule has 1 saturated carbocycles. The highest BCUT2D eigenvalue weighted by molar-refractivity contribution is 6.12. The van der Waals surface area contributed by atoms with Gasteiger partial charge >= 0.3 is 5.97 Å². The van der Waals surface area contributed by atoms with E-state index in [1.54, 1.807) is 45.2 Å². The first kappa shape index (κ1) is 23.8. The number of hydrogen-bond donors (Lipinski definition) is 1. The van der Waals surface area contributed by atoms with Crippen molar-refractivity contribution in [2.45, 2.75) is 64.6 Å². The Balaban J connectivity index is 1.73. The molecule has 4 rings (SSSR count). The Bertz CT molecular complexity index is 1090. The molecule has 34 heavy (non-hydrogen) atoms. The number of methoxy groups -OCH3 is 1. The molecule has 1 aromatic heterocycles. The zero-order valence-electron chi connectivity index (χ0n) is 20.2. The highest BCUT2D eigenvalue weighted by Crippen LogP contribution is 2.35. The van der Waals surface area contributed by atoms with Gasteiger partial charge in [-0.15, -0.1) is 0 Å². The smallest absolute Gasteiger partial charge is 0.358 e. The van der Waals surface area contributed by atoms with Gasteiger partial charge in [-0.25, -0.2) is 4.79 Å². The Morgan fingerprint density at radius 2 is 1.94 bits per heavy atom. The van der Waals surface area contributed by atoms with Crippen LogP contribution >= 0.6 is 0 Å². The van der Waals surface area contributed by atoms with Crippen molar-refractivity contribution in [3.63, 3.8) is 0 Å². The number of hydrogen-bond acceptors (Lipinski definition) is 6. The molecule has 0 spiro atoms. The van der Waals surface area contributed by atoms with Crippen molar-refractivity contribution in [3.8, 4) is 5.75 Å². The maximum absolute atomic E-state index is 13.8. The van der Waals surface area contributed by atoms with Crippen LogP contribution in [0.15, 0.2) is 30.3 Å². The fourth-order valence-electron chi connectivity index (χ4n) is 4.79. The van der Waals surface area contributed by atoms with E-state index in [-0.39, 0.29) is 36.5 Å². The first-order valence-electron chi connectivity index (χ1n) is 11.8. The van der Waals surface area contributed by atoms with E-state index in [0.29, 0.717) is 17.4 Å². The van der Waals surface area contributed by atoms with Crippen LogP contribution in [0.25, 0.3) is 0 Å². The molecule has 0 radical (unpaired) electrons. The zero-order valence-corrected chi connectivity index (χ0v) is 20.2. The number of esters is 1. The monoisotopic (exact) mass is 468 g/mol. The number of nitrogens with one attached hydrogen (secondary N) is 1. The van der Waals surface area contributed by atoms with E-state index >= 15 is 0 Å². The molecule has 0 unspecified atom stereocenters. The lowest BCUT2D eigenvalue weighted by molar-refractivity contribution is -0.127. The maximum atomic E-state index is 13.8. The Labute approximate surface area is 199 Å². The summed E-state index contributed by atoms with van der Waals surface area (Å²) in [5.41, 5.74) is -0.467. The molecular formula is C25H32N4O5. The number of carbonyl (C=O) groups is 3. The van der Waals surface area contributed by atoms with Gasteiger partial charge < -0.3 is 14.8 Å². The first-order chi connectivity index (χ1) is 16.3. The molecule has 9 heteroatoms. The summed E-state index contributed by atoms with van der Waals surface area (Å²) in [7, 11) is 1.55.